The quantitative estimate of drug-likeness (QED) is 0.311. The van der Waals surface area contributed by atoms with Crippen LogP contribution in [0.25, 0.3) is 0 Å². The fourth-order valence-corrected chi connectivity index (χ4v) is 5.68. The van der Waals surface area contributed by atoms with Gasteiger partial charge in [0.1, 0.15) is 0 Å². The summed E-state index contributed by atoms with van der Waals surface area (Å²) >= 11 is 0. The summed E-state index contributed by atoms with van der Waals surface area (Å²) in [6.45, 7) is 13.8. The number of hydrogen-bond acceptors (Lipinski definition) is 6. The second kappa shape index (κ2) is 13.0. The number of benzene rings is 1. The van der Waals surface area contributed by atoms with Crippen molar-refractivity contribution in [3.63, 3.8) is 0 Å². The van der Waals surface area contributed by atoms with Gasteiger partial charge < -0.3 is 15.5 Å². The number of Topliss-reactive ketones (excluding diaryl/α,β-unsaturated/α-hetero) is 3. The molecule has 4 rings (SSSR count). The predicted octanol–water partition coefficient (Wildman–Crippen LogP) is 3.44. The molecule has 0 saturated carbocycles. The van der Waals surface area contributed by atoms with Crippen LogP contribution in [0.3, 0.4) is 0 Å². The molecule has 214 valence electrons. The Morgan fingerprint density at radius 3 is 2.08 bits per heavy atom. The SMILES string of the molecule is CC(C)[C@H](CC(=O)[C@H](C)NC(=O)[C@@H](CC(=O)c1ccccc1)C(C)(C)C)C(=O)C(=O)N[C@@H]1CN2CCC1CC2. The number of fused-ring (bicyclic) bond motifs is 3. The van der Waals surface area contributed by atoms with Crippen LogP contribution in [0.1, 0.15) is 77.6 Å². The number of amides is 2. The average molecular weight is 540 g/mol. The van der Waals surface area contributed by atoms with Crippen LogP contribution in [0.2, 0.25) is 0 Å². The van der Waals surface area contributed by atoms with Crippen LogP contribution >= 0.6 is 0 Å². The summed E-state index contributed by atoms with van der Waals surface area (Å²) in [7, 11) is 0. The topological polar surface area (TPSA) is 113 Å². The average Bonchev–Trinajstić information content (AvgIpc) is 2.89. The van der Waals surface area contributed by atoms with Gasteiger partial charge in [0, 0.05) is 36.9 Å². The van der Waals surface area contributed by atoms with Crippen molar-refractivity contribution in [2.24, 2.45) is 29.1 Å². The second-order valence-electron chi connectivity index (χ2n) is 12.7. The Kier molecular flexibility index (Phi) is 10.2. The van der Waals surface area contributed by atoms with E-state index in [1.165, 1.54) is 0 Å². The monoisotopic (exact) mass is 539 g/mol. The molecule has 2 amide bonds. The molecular weight excluding hydrogens is 494 g/mol. The first-order valence-corrected chi connectivity index (χ1v) is 14.3. The molecule has 0 spiro atoms. The molecule has 0 aromatic heterocycles. The highest BCUT2D eigenvalue weighted by atomic mass is 16.2. The molecule has 3 saturated heterocycles. The zero-order chi connectivity index (χ0) is 28.9. The van der Waals surface area contributed by atoms with Crippen molar-refractivity contribution in [1.29, 1.82) is 0 Å². The van der Waals surface area contributed by atoms with Crippen LogP contribution < -0.4 is 10.6 Å². The van der Waals surface area contributed by atoms with Crippen molar-refractivity contribution >= 4 is 29.2 Å². The lowest BCUT2D eigenvalue weighted by Crippen LogP contribution is -2.58. The fraction of sp³-hybridized carbons (Fsp3) is 0.645. The van der Waals surface area contributed by atoms with E-state index >= 15 is 0 Å². The molecule has 39 heavy (non-hydrogen) atoms. The largest absolute Gasteiger partial charge is 0.346 e. The summed E-state index contributed by atoms with van der Waals surface area (Å²) in [6.07, 6.45) is 1.94. The van der Waals surface area contributed by atoms with Crippen molar-refractivity contribution in [1.82, 2.24) is 15.5 Å². The molecule has 0 aliphatic carbocycles. The van der Waals surface area contributed by atoms with E-state index in [9.17, 15) is 24.0 Å². The molecule has 2 N–H and O–H groups in total. The van der Waals surface area contributed by atoms with Crippen LogP contribution in [-0.2, 0) is 19.2 Å². The molecule has 0 unspecified atom stereocenters. The maximum Gasteiger partial charge on any atom is 0.287 e. The van der Waals surface area contributed by atoms with Gasteiger partial charge in [-0.2, -0.15) is 0 Å². The number of piperidine rings is 3. The number of ketones is 3. The highest BCUT2D eigenvalue weighted by Gasteiger charge is 2.39. The standard InChI is InChI=1S/C31H45N3O5/c1-19(2)23(28(37)30(39)33-25-18-34-14-12-21(25)13-15-34)16-26(35)20(3)32-29(38)24(31(4,5)6)17-27(36)22-10-8-7-9-11-22/h7-11,19-21,23-25H,12-18H2,1-6H3,(H,32,38)(H,33,39)/t20-,23-,24+,25+/m0/s1. The third kappa shape index (κ3) is 8.07. The third-order valence-electron chi connectivity index (χ3n) is 8.45. The van der Waals surface area contributed by atoms with E-state index in [1.54, 1.807) is 31.2 Å². The molecule has 3 heterocycles. The number of carbonyl (C=O) groups is 5. The summed E-state index contributed by atoms with van der Waals surface area (Å²) in [6, 6.07) is 7.96. The minimum Gasteiger partial charge on any atom is -0.346 e. The van der Waals surface area contributed by atoms with Crippen molar-refractivity contribution in [2.45, 2.75) is 79.3 Å². The Labute approximate surface area is 232 Å². The van der Waals surface area contributed by atoms with E-state index in [0.29, 0.717) is 11.5 Å². The van der Waals surface area contributed by atoms with Crippen molar-refractivity contribution in [2.75, 3.05) is 19.6 Å². The molecule has 3 aliphatic rings. The summed E-state index contributed by atoms with van der Waals surface area (Å²) in [5.74, 6) is -3.25. The first kappa shape index (κ1) is 30.7. The number of carbonyl (C=O) groups excluding carboxylic acids is 5. The maximum absolute atomic E-state index is 13.3. The summed E-state index contributed by atoms with van der Waals surface area (Å²) in [5, 5.41) is 5.72. The van der Waals surface area contributed by atoms with Gasteiger partial charge in [-0.25, -0.2) is 0 Å². The Bertz CT molecular complexity index is 1050. The van der Waals surface area contributed by atoms with Crippen LogP contribution in [0.15, 0.2) is 30.3 Å². The lowest BCUT2D eigenvalue weighted by atomic mass is 9.76. The molecular formula is C31H45N3O5. The highest BCUT2D eigenvalue weighted by molar-refractivity contribution is 6.37. The Morgan fingerprint density at radius 2 is 1.56 bits per heavy atom. The van der Waals surface area contributed by atoms with Gasteiger partial charge in [-0.3, -0.25) is 24.0 Å². The van der Waals surface area contributed by atoms with Crippen molar-refractivity contribution in [3.8, 4) is 0 Å². The van der Waals surface area contributed by atoms with Crippen molar-refractivity contribution < 1.29 is 24.0 Å². The third-order valence-corrected chi connectivity index (χ3v) is 8.45. The van der Waals surface area contributed by atoms with Gasteiger partial charge in [-0.05, 0) is 50.1 Å². The zero-order valence-corrected chi connectivity index (χ0v) is 24.3. The maximum atomic E-state index is 13.3. The fourth-order valence-electron chi connectivity index (χ4n) is 5.68. The van der Waals surface area contributed by atoms with Gasteiger partial charge in [-0.15, -0.1) is 0 Å². The first-order valence-electron chi connectivity index (χ1n) is 14.3. The predicted molar refractivity (Wildman–Crippen MR) is 150 cm³/mol. The van der Waals surface area contributed by atoms with E-state index < -0.39 is 35.0 Å². The lowest BCUT2D eigenvalue weighted by Gasteiger charge is -2.44. The number of nitrogens with one attached hydrogen (secondary N) is 2. The van der Waals surface area contributed by atoms with E-state index in [1.807, 2.05) is 40.7 Å². The first-order chi connectivity index (χ1) is 18.3. The van der Waals surface area contributed by atoms with Crippen molar-refractivity contribution in [3.05, 3.63) is 35.9 Å². The summed E-state index contributed by atoms with van der Waals surface area (Å²) < 4.78 is 0. The molecule has 1 aromatic carbocycles. The summed E-state index contributed by atoms with van der Waals surface area (Å²) in [5.41, 5.74) is 0.0273. The molecule has 3 fully saturated rings. The summed E-state index contributed by atoms with van der Waals surface area (Å²) in [4.78, 5) is 67.6. The number of rotatable bonds is 12. The van der Waals surface area contributed by atoms with Gasteiger partial charge in [0.05, 0.1) is 12.0 Å². The molecule has 2 bridgehead atoms. The molecule has 0 radical (unpaired) electrons. The Hall–Kier alpha value is -2.87. The van der Waals surface area contributed by atoms with E-state index in [2.05, 4.69) is 15.5 Å². The number of nitrogens with zero attached hydrogens (tertiary/aromatic N) is 1. The van der Waals surface area contributed by atoms with Gasteiger partial charge in [0.15, 0.2) is 11.6 Å². The van der Waals surface area contributed by atoms with Gasteiger partial charge in [0.25, 0.3) is 5.91 Å². The van der Waals surface area contributed by atoms with E-state index in [-0.39, 0.29) is 42.3 Å². The molecule has 3 aliphatic heterocycles. The minimum absolute atomic E-state index is 0.0210. The minimum atomic E-state index is -0.854. The van der Waals surface area contributed by atoms with Crippen LogP contribution in [0.4, 0.5) is 0 Å². The Balaban J connectivity index is 1.60. The molecule has 1 aromatic rings. The molecule has 8 heteroatoms. The van der Waals surface area contributed by atoms with Gasteiger partial charge in [0.2, 0.25) is 11.7 Å². The molecule has 8 nitrogen and oxygen atoms in total. The lowest BCUT2D eigenvalue weighted by molar-refractivity contribution is -0.143. The van der Waals surface area contributed by atoms with E-state index in [0.717, 1.165) is 32.5 Å². The highest BCUT2D eigenvalue weighted by Crippen LogP contribution is 2.31. The van der Waals surface area contributed by atoms with Gasteiger partial charge in [-0.1, -0.05) is 65.0 Å². The van der Waals surface area contributed by atoms with Gasteiger partial charge >= 0.3 is 0 Å². The van der Waals surface area contributed by atoms with Crippen LogP contribution in [-0.4, -0.2) is 65.8 Å². The van der Waals surface area contributed by atoms with Crippen LogP contribution in [0.5, 0.6) is 0 Å². The number of hydrogen-bond donors (Lipinski definition) is 2. The molecule has 4 atom stereocenters. The Morgan fingerprint density at radius 1 is 0.949 bits per heavy atom. The van der Waals surface area contributed by atoms with E-state index in [4.69, 9.17) is 0 Å². The zero-order valence-electron chi connectivity index (χ0n) is 24.3. The normalized spacial score (nSPS) is 23.0. The second-order valence-corrected chi connectivity index (χ2v) is 12.7. The van der Waals surface area contributed by atoms with Crippen LogP contribution in [0, 0.1) is 29.1 Å². The smallest absolute Gasteiger partial charge is 0.287 e.